The third-order valence-electron chi connectivity index (χ3n) is 4.07. The van der Waals surface area contributed by atoms with Crippen molar-refractivity contribution in [1.82, 2.24) is 15.2 Å². The first-order chi connectivity index (χ1) is 14.2. The molecule has 6 nitrogen and oxygen atoms in total. The van der Waals surface area contributed by atoms with Crippen LogP contribution in [0.3, 0.4) is 0 Å². The number of methoxy groups -OCH3 is 1. The predicted molar refractivity (Wildman–Crippen MR) is 113 cm³/mol. The molecule has 0 saturated heterocycles. The topological polar surface area (TPSA) is 70.3 Å². The van der Waals surface area contributed by atoms with E-state index in [4.69, 9.17) is 13.9 Å². The lowest BCUT2D eigenvalue weighted by molar-refractivity contribution is 0.305. The minimum Gasteiger partial charge on any atom is -0.496 e. The number of thiazole rings is 1. The molecule has 0 bridgehead atoms. The molecule has 4 rings (SSSR count). The largest absolute Gasteiger partial charge is 0.496 e. The zero-order valence-corrected chi connectivity index (χ0v) is 17.6. The van der Waals surface area contributed by atoms with Crippen molar-refractivity contribution in [2.24, 2.45) is 0 Å². The summed E-state index contributed by atoms with van der Waals surface area (Å²) in [5.74, 6) is 2.63. The standard InChI is InChI=1S/C21H19N3O3S2/c1-14-7-9-16(10-8-14)26-11-19-22-15(12-28-19)13-29-21-24-23-20(27-21)17-5-3-4-6-18(17)25-2/h3-10,12H,11,13H2,1-2H3. The van der Waals surface area contributed by atoms with Crippen molar-refractivity contribution in [3.8, 4) is 23.0 Å². The van der Waals surface area contributed by atoms with Crippen LogP contribution in [0.2, 0.25) is 0 Å². The summed E-state index contributed by atoms with van der Waals surface area (Å²) in [5.41, 5.74) is 2.94. The van der Waals surface area contributed by atoms with Gasteiger partial charge in [-0.05, 0) is 31.2 Å². The van der Waals surface area contributed by atoms with E-state index in [1.54, 1.807) is 18.4 Å². The fourth-order valence-corrected chi connectivity index (χ4v) is 4.06. The number of aryl methyl sites for hydroxylation is 1. The smallest absolute Gasteiger partial charge is 0.277 e. The monoisotopic (exact) mass is 425 g/mol. The normalized spacial score (nSPS) is 10.8. The van der Waals surface area contributed by atoms with Crippen molar-refractivity contribution in [3.63, 3.8) is 0 Å². The van der Waals surface area contributed by atoms with E-state index in [1.807, 2.05) is 53.9 Å². The Kier molecular flexibility index (Phi) is 6.12. The molecule has 0 fully saturated rings. The van der Waals surface area contributed by atoms with E-state index in [1.165, 1.54) is 17.3 Å². The lowest BCUT2D eigenvalue weighted by Crippen LogP contribution is -1.95. The summed E-state index contributed by atoms with van der Waals surface area (Å²) >= 11 is 3.04. The summed E-state index contributed by atoms with van der Waals surface area (Å²) in [6.45, 7) is 2.51. The van der Waals surface area contributed by atoms with E-state index in [-0.39, 0.29) is 0 Å². The quantitative estimate of drug-likeness (QED) is 0.351. The fraction of sp³-hybridized carbons (Fsp3) is 0.190. The van der Waals surface area contributed by atoms with Crippen LogP contribution in [0, 0.1) is 6.92 Å². The summed E-state index contributed by atoms with van der Waals surface area (Å²) in [6.07, 6.45) is 0. The first-order valence-electron chi connectivity index (χ1n) is 8.93. The van der Waals surface area contributed by atoms with Crippen LogP contribution in [-0.4, -0.2) is 22.3 Å². The Hall–Kier alpha value is -2.84. The van der Waals surface area contributed by atoms with Gasteiger partial charge in [-0.25, -0.2) is 4.98 Å². The van der Waals surface area contributed by atoms with Crippen LogP contribution < -0.4 is 9.47 Å². The highest BCUT2D eigenvalue weighted by molar-refractivity contribution is 7.98. The number of ether oxygens (including phenoxy) is 2. The molecule has 8 heteroatoms. The van der Waals surface area contributed by atoms with Gasteiger partial charge < -0.3 is 13.9 Å². The molecule has 2 aromatic carbocycles. The summed E-state index contributed by atoms with van der Waals surface area (Å²) < 4.78 is 16.9. The molecule has 0 unspecified atom stereocenters. The van der Waals surface area contributed by atoms with Gasteiger partial charge in [0, 0.05) is 11.1 Å². The number of thioether (sulfide) groups is 1. The molecular weight excluding hydrogens is 406 g/mol. The van der Waals surface area contributed by atoms with E-state index < -0.39 is 0 Å². The second-order valence-corrected chi connectivity index (χ2v) is 8.07. The van der Waals surface area contributed by atoms with E-state index in [0.29, 0.717) is 29.2 Å². The molecule has 2 heterocycles. The highest BCUT2D eigenvalue weighted by atomic mass is 32.2. The number of aromatic nitrogens is 3. The van der Waals surface area contributed by atoms with Crippen LogP contribution in [0.25, 0.3) is 11.5 Å². The number of para-hydroxylation sites is 1. The average Bonchev–Trinajstić information content (AvgIpc) is 3.41. The zero-order chi connectivity index (χ0) is 20.1. The van der Waals surface area contributed by atoms with Gasteiger partial charge >= 0.3 is 0 Å². The summed E-state index contributed by atoms with van der Waals surface area (Å²) in [5, 5.41) is 11.7. The Morgan fingerprint density at radius 2 is 1.90 bits per heavy atom. The number of hydrogen-bond acceptors (Lipinski definition) is 8. The van der Waals surface area contributed by atoms with Crippen molar-refractivity contribution in [1.29, 1.82) is 0 Å². The Morgan fingerprint density at radius 1 is 1.07 bits per heavy atom. The molecule has 4 aromatic rings. The van der Waals surface area contributed by atoms with Crippen LogP contribution in [0.4, 0.5) is 0 Å². The van der Waals surface area contributed by atoms with Crippen molar-refractivity contribution in [2.45, 2.75) is 24.5 Å². The molecule has 2 aromatic heterocycles. The summed E-state index contributed by atoms with van der Waals surface area (Å²) in [7, 11) is 1.62. The Bertz CT molecular complexity index is 1080. The van der Waals surface area contributed by atoms with Crippen molar-refractivity contribution >= 4 is 23.1 Å². The van der Waals surface area contributed by atoms with Crippen molar-refractivity contribution in [3.05, 3.63) is 70.2 Å². The number of hydrogen-bond donors (Lipinski definition) is 0. The van der Waals surface area contributed by atoms with E-state index in [2.05, 4.69) is 22.1 Å². The first kappa shape index (κ1) is 19.5. The molecular formula is C21H19N3O3S2. The number of benzene rings is 2. The minimum absolute atomic E-state index is 0.440. The summed E-state index contributed by atoms with van der Waals surface area (Å²) in [6, 6.07) is 15.6. The molecule has 148 valence electrons. The lowest BCUT2D eigenvalue weighted by atomic mass is 10.2. The van der Waals surface area contributed by atoms with Crippen LogP contribution in [0.5, 0.6) is 11.5 Å². The first-order valence-corrected chi connectivity index (χ1v) is 10.8. The summed E-state index contributed by atoms with van der Waals surface area (Å²) in [4.78, 5) is 4.61. The fourth-order valence-electron chi connectivity index (χ4n) is 2.60. The predicted octanol–water partition coefficient (Wildman–Crippen LogP) is 5.38. The lowest BCUT2D eigenvalue weighted by Gasteiger charge is -2.03. The number of nitrogens with zero attached hydrogens (tertiary/aromatic N) is 3. The van der Waals surface area contributed by atoms with E-state index in [0.717, 1.165) is 22.0 Å². The Morgan fingerprint density at radius 3 is 2.72 bits per heavy atom. The van der Waals surface area contributed by atoms with Gasteiger partial charge in [-0.15, -0.1) is 21.5 Å². The third-order valence-corrected chi connectivity index (χ3v) is 5.79. The average molecular weight is 426 g/mol. The molecule has 0 aliphatic rings. The van der Waals surface area contributed by atoms with Gasteiger partial charge in [0.15, 0.2) is 0 Å². The van der Waals surface area contributed by atoms with Crippen LogP contribution >= 0.6 is 23.1 Å². The highest BCUT2D eigenvalue weighted by Crippen LogP contribution is 2.31. The van der Waals surface area contributed by atoms with Crippen molar-refractivity contribution in [2.75, 3.05) is 7.11 Å². The van der Waals surface area contributed by atoms with E-state index >= 15 is 0 Å². The van der Waals surface area contributed by atoms with Crippen LogP contribution in [-0.2, 0) is 12.4 Å². The molecule has 0 radical (unpaired) electrons. The van der Waals surface area contributed by atoms with Gasteiger partial charge in [0.05, 0.1) is 18.4 Å². The minimum atomic E-state index is 0.440. The molecule has 0 spiro atoms. The van der Waals surface area contributed by atoms with Crippen LogP contribution in [0.15, 0.2) is 63.6 Å². The second kappa shape index (κ2) is 9.11. The van der Waals surface area contributed by atoms with Gasteiger partial charge in [0.25, 0.3) is 11.1 Å². The maximum absolute atomic E-state index is 5.79. The maximum atomic E-state index is 5.79. The molecule has 0 atom stereocenters. The van der Waals surface area contributed by atoms with Gasteiger partial charge in [-0.2, -0.15) is 0 Å². The van der Waals surface area contributed by atoms with Crippen molar-refractivity contribution < 1.29 is 13.9 Å². The van der Waals surface area contributed by atoms with Gasteiger partial charge in [0.2, 0.25) is 0 Å². The van der Waals surface area contributed by atoms with Gasteiger partial charge in [-0.1, -0.05) is 41.6 Å². The number of rotatable bonds is 8. The Balaban J connectivity index is 1.33. The molecule has 0 aliphatic carbocycles. The molecule has 0 amide bonds. The second-order valence-electron chi connectivity index (χ2n) is 6.20. The molecule has 0 saturated carbocycles. The van der Waals surface area contributed by atoms with Gasteiger partial charge in [0.1, 0.15) is 23.1 Å². The SMILES string of the molecule is COc1ccccc1-c1nnc(SCc2csc(COc3ccc(C)cc3)n2)o1. The van der Waals surface area contributed by atoms with Gasteiger partial charge in [-0.3, -0.25) is 0 Å². The highest BCUT2D eigenvalue weighted by Gasteiger charge is 2.14. The molecule has 0 N–H and O–H groups in total. The van der Waals surface area contributed by atoms with E-state index in [9.17, 15) is 0 Å². The molecule has 29 heavy (non-hydrogen) atoms. The Labute approximate surface area is 176 Å². The maximum Gasteiger partial charge on any atom is 0.277 e. The molecule has 0 aliphatic heterocycles. The zero-order valence-electron chi connectivity index (χ0n) is 16.0. The third kappa shape index (κ3) is 4.96. The van der Waals surface area contributed by atoms with Crippen LogP contribution in [0.1, 0.15) is 16.3 Å².